The van der Waals surface area contributed by atoms with Gasteiger partial charge in [-0.1, -0.05) is 24.3 Å². The van der Waals surface area contributed by atoms with Crippen molar-refractivity contribution < 1.29 is 0 Å². The zero-order chi connectivity index (χ0) is 14.1. The lowest BCUT2D eigenvalue weighted by Gasteiger charge is -2.22. The highest BCUT2D eigenvalue weighted by Crippen LogP contribution is 2.35. The summed E-state index contributed by atoms with van der Waals surface area (Å²) < 4.78 is 0. The van der Waals surface area contributed by atoms with E-state index in [1.54, 1.807) is 0 Å². The molecule has 0 radical (unpaired) electrons. The third-order valence-electron chi connectivity index (χ3n) is 5.09. The van der Waals surface area contributed by atoms with E-state index in [2.05, 4.69) is 34.5 Å². The van der Waals surface area contributed by atoms with Gasteiger partial charge in [-0.05, 0) is 68.5 Å². The normalized spacial score (nSPS) is 22.0. The molecule has 1 N–H and O–H groups in total. The van der Waals surface area contributed by atoms with Gasteiger partial charge in [-0.25, -0.2) is 0 Å². The summed E-state index contributed by atoms with van der Waals surface area (Å²) in [5.74, 6) is 1.01. The third-order valence-corrected chi connectivity index (χ3v) is 5.09. The molecule has 1 aromatic rings. The highest BCUT2D eigenvalue weighted by Gasteiger charge is 2.33. The number of rotatable bonds is 9. The van der Waals surface area contributed by atoms with Crippen LogP contribution in [0.2, 0.25) is 0 Å². The molecule has 3 aliphatic carbocycles. The molecule has 0 unspecified atom stereocenters. The fraction of sp³-hybridized carbons (Fsp3) is 0.684. The van der Waals surface area contributed by atoms with E-state index in [1.807, 2.05) is 0 Å². The molecule has 0 amide bonds. The van der Waals surface area contributed by atoms with E-state index < -0.39 is 0 Å². The first-order chi connectivity index (χ1) is 10.4. The molecular weight excluding hydrogens is 256 g/mol. The van der Waals surface area contributed by atoms with E-state index in [1.165, 1.54) is 69.2 Å². The summed E-state index contributed by atoms with van der Waals surface area (Å²) in [5, 5.41) is 3.60. The molecule has 2 heteroatoms. The van der Waals surface area contributed by atoms with Crippen molar-refractivity contribution in [3.63, 3.8) is 0 Å². The van der Waals surface area contributed by atoms with Gasteiger partial charge < -0.3 is 5.32 Å². The topological polar surface area (TPSA) is 15.3 Å². The van der Waals surface area contributed by atoms with E-state index in [0.29, 0.717) is 0 Å². The zero-order valence-electron chi connectivity index (χ0n) is 13.1. The number of hydrogen-bond donors (Lipinski definition) is 1. The van der Waals surface area contributed by atoms with Gasteiger partial charge in [0.05, 0.1) is 0 Å². The maximum atomic E-state index is 3.60. The fourth-order valence-corrected chi connectivity index (χ4v) is 3.17. The molecule has 2 nitrogen and oxygen atoms in total. The van der Waals surface area contributed by atoms with Crippen LogP contribution in [0.4, 0.5) is 0 Å². The average Bonchev–Trinajstić information content (AvgIpc) is 3.36. The molecule has 0 aliphatic heterocycles. The Morgan fingerprint density at radius 1 is 0.905 bits per heavy atom. The van der Waals surface area contributed by atoms with E-state index in [-0.39, 0.29) is 0 Å². The molecule has 21 heavy (non-hydrogen) atoms. The minimum absolute atomic E-state index is 0.832. The third kappa shape index (κ3) is 4.31. The lowest BCUT2D eigenvalue weighted by Crippen LogP contribution is -2.27. The maximum Gasteiger partial charge on any atom is 0.0236 e. The predicted octanol–water partition coefficient (Wildman–Crippen LogP) is 3.36. The van der Waals surface area contributed by atoms with Crippen molar-refractivity contribution in [3.05, 3.63) is 35.4 Å². The summed E-state index contributed by atoms with van der Waals surface area (Å²) in [6, 6.07) is 11.1. The van der Waals surface area contributed by atoms with Gasteiger partial charge in [0.15, 0.2) is 0 Å². The molecule has 1 aromatic carbocycles. The summed E-state index contributed by atoms with van der Waals surface area (Å²) in [5.41, 5.74) is 2.98. The van der Waals surface area contributed by atoms with Gasteiger partial charge in [0, 0.05) is 25.2 Å². The van der Waals surface area contributed by atoms with Gasteiger partial charge >= 0.3 is 0 Å². The zero-order valence-corrected chi connectivity index (χ0v) is 13.1. The van der Waals surface area contributed by atoms with Crippen LogP contribution in [0, 0.1) is 5.92 Å². The second-order valence-electron chi connectivity index (χ2n) is 7.40. The Balaban J connectivity index is 1.27. The summed E-state index contributed by atoms with van der Waals surface area (Å²) in [6.07, 6.45) is 9.74. The van der Waals surface area contributed by atoms with Crippen LogP contribution in [-0.4, -0.2) is 30.1 Å². The smallest absolute Gasteiger partial charge is 0.0236 e. The Morgan fingerprint density at radius 3 is 2.24 bits per heavy atom. The fourth-order valence-electron chi connectivity index (χ4n) is 3.17. The van der Waals surface area contributed by atoms with Crippen molar-refractivity contribution in [2.45, 2.75) is 63.6 Å². The van der Waals surface area contributed by atoms with Gasteiger partial charge in [0.1, 0.15) is 0 Å². The first-order valence-corrected chi connectivity index (χ1v) is 8.92. The van der Waals surface area contributed by atoms with Gasteiger partial charge in [-0.3, -0.25) is 4.90 Å². The quantitative estimate of drug-likeness (QED) is 0.748. The van der Waals surface area contributed by atoms with Crippen LogP contribution < -0.4 is 5.32 Å². The Labute approximate surface area is 128 Å². The summed E-state index contributed by atoms with van der Waals surface area (Å²) >= 11 is 0. The van der Waals surface area contributed by atoms with Crippen LogP contribution in [0.25, 0.3) is 0 Å². The number of nitrogens with one attached hydrogen (secondary N) is 1. The molecule has 0 saturated heterocycles. The van der Waals surface area contributed by atoms with Crippen LogP contribution in [0.5, 0.6) is 0 Å². The molecule has 3 aliphatic rings. The molecule has 0 heterocycles. The molecular formula is C19H28N2. The molecule has 3 saturated carbocycles. The largest absolute Gasteiger partial charge is 0.314 e. The maximum absolute atomic E-state index is 3.60. The van der Waals surface area contributed by atoms with Gasteiger partial charge in [0.2, 0.25) is 0 Å². The Hall–Kier alpha value is -0.860. The average molecular weight is 284 g/mol. The minimum Gasteiger partial charge on any atom is -0.314 e. The Kier molecular flexibility index (Phi) is 4.00. The van der Waals surface area contributed by atoms with Crippen LogP contribution >= 0.6 is 0 Å². The first kappa shape index (κ1) is 13.8. The van der Waals surface area contributed by atoms with E-state index >= 15 is 0 Å². The van der Waals surface area contributed by atoms with E-state index in [4.69, 9.17) is 0 Å². The molecule has 4 rings (SSSR count). The second-order valence-corrected chi connectivity index (χ2v) is 7.40. The number of hydrogen-bond acceptors (Lipinski definition) is 2. The monoisotopic (exact) mass is 284 g/mol. The van der Waals surface area contributed by atoms with Crippen LogP contribution in [0.1, 0.15) is 49.7 Å². The second kappa shape index (κ2) is 6.10. The minimum atomic E-state index is 0.832. The van der Waals surface area contributed by atoms with Gasteiger partial charge in [-0.2, -0.15) is 0 Å². The first-order valence-electron chi connectivity index (χ1n) is 8.92. The Bertz CT molecular complexity index is 455. The number of nitrogens with zero attached hydrogens (tertiary/aromatic N) is 1. The van der Waals surface area contributed by atoms with Gasteiger partial charge in [0.25, 0.3) is 0 Å². The van der Waals surface area contributed by atoms with Crippen molar-refractivity contribution in [2.24, 2.45) is 5.92 Å². The lowest BCUT2D eigenvalue weighted by molar-refractivity contribution is 0.244. The van der Waals surface area contributed by atoms with Crippen molar-refractivity contribution >= 4 is 0 Å². The molecule has 0 atom stereocenters. The van der Waals surface area contributed by atoms with E-state index in [9.17, 15) is 0 Å². The van der Waals surface area contributed by atoms with Crippen molar-refractivity contribution in [1.82, 2.24) is 10.2 Å². The van der Waals surface area contributed by atoms with Crippen LogP contribution in [-0.2, 0) is 13.0 Å². The lowest BCUT2D eigenvalue weighted by atomic mass is 10.1. The van der Waals surface area contributed by atoms with E-state index in [0.717, 1.165) is 24.5 Å². The Morgan fingerprint density at radius 2 is 1.62 bits per heavy atom. The molecule has 0 aromatic heterocycles. The van der Waals surface area contributed by atoms with Crippen LogP contribution in [0.15, 0.2) is 24.3 Å². The summed E-state index contributed by atoms with van der Waals surface area (Å²) in [6.45, 7) is 3.65. The van der Waals surface area contributed by atoms with Gasteiger partial charge in [-0.15, -0.1) is 0 Å². The SMILES string of the molecule is c1cc(CN(CC2CC2)C2CC2)ccc1CCNC1CC1. The highest BCUT2D eigenvalue weighted by atomic mass is 15.2. The van der Waals surface area contributed by atoms with Crippen molar-refractivity contribution in [3.8, 4) is 0 Å². The highest BCUT2D eigenvalue weighted by molar-refractivity contribution is 5.23. The standard InChI is InChI=1S/C19H28N2/c1-3-16(4-2-15(1)11-12-20-18-7-8-18)13-21(19-9-10-19)14-17-5-6-17/h1-4,17-20H,5-14H2. The molecule has 0 bridgehead atoms. The summed E-state index contributed by atoms with van der Waals surface area (Å²) in [4.78, 5) is 2.74. The summed E-state index contributed by atoms with van der Waals surface area (Å²) in [7, 11) is 0. The molecule has 0 spiro atoms. The predicted molar refractivity (Wildman–Crippen MR) is 87.3 cm³/mol. The number of benzene rings is 1. The van der Waals surface area contributed by atoms with Crippen molar-refractivity contribution in [1.29, 1.82) is 0 Å². The van der Waals surface area contributed by atoms with Crippen LogP contribution in [0.3, 0.4) is 0 Å². The molecule has 114 valence electrons. The van der Waals surface area contributed by atoms with Crippen molar-refractivity contribution in [2.75, 3.05) is 13.1 Å². The molecule has 3 fully saturated rings.